The fourth-order valence-corrected chi connectivity index (χ4v) is 3.36. The molecule has 4 heteroatoms. The van der Waals surface area contributed by atoms with Crippen molar-refractivity contribution in [3.05, 3.63) is 53.1 Å². The number of rotatable bonds is 0. The minimum atomic E-state index is 0.455. The number of aliphatic imine (C=N–C) groups is 1. The quantitative estimate of drug-likeness (QED) is 0.802. The minimum absolute atomic E-state index is 0.455. The molecular formula is C20H23N3O. The Morgan fingerprint density at radius 1 is 1.08 bits per heavy atom. The normalized spacial score (nSPS) is 19.7. The Morgan fingerprint density at radius 3 is 2.71 bits per heavy atom. The second kappa shape index (κ2) is 5.95. The molecule has 0 bridgehead atoms. The van der Waals surface area contributed by atoms with Crippen LogP contribution in [-0.2, 0) is 0 Å². The molecule has 1 unspecified atom stereocenters. The maximum atomic E-state index is 6.23. The summed E-state index contributed by atoms with van der Waals surface area (Å²) in [6.07, 6.45) is 0. The van der Waals surface area contributed by atoms with Crippen LogP contribution in [0.4, 0.5) is 5.69 Å². The first-order valence-corrected chi connectivity index (χ1v) is 8.57. The largest absolute Gasteiger partial charge is 0.454 e. The van der Waals surface area contributed by atoms with E-state index < -0.39 is 0 Å². The maximum Gasteiger partial charge on any atom is 0.153 e. The van der Waals surface area contributed by atoms with Gasteiger partial charge in [0, 0.05) is 25.7 Å². The van der Waals surface area contributed by atoms with Crippen molar-refractivity contribution in [3.8, 4) is 11.5 Å². The first-order chi connectivity index (χ1) is 11.6. The van der Waals surface area contributed by atoms with Crippen molar-refractivity contribution in [1.82, 2.24) is 10.2 Å². The van der Waals surface area contributed by atoms with E-state index in [4.69, 9.17) is 9.73 Å². The third kappa shape index (κ3) is 2.78. The van der Waals surface area contributed by atoms with E-state index in [0.29, 0.717) is 6.04 Å². The van der Waals surface area contributed by atoms with Crippen LogP contribution in [0.5, 0.6) is 11.5 Å². The molecule has 124 valence electrons. The summed E-state index contributed by atoms with van der Waals surface area (Å²) in [7, 11) is 0. The van der Waals surface area contributed by atoms with Gasteiger partial charge in [-0.1, -0.05) is 17.7 Å². The molecule has 1 N–H and O–H groups in total. The van der Waals surface area contributed by atoms with Crippen LogP contribution in [0.25, 0.3) is 0 Å². The molecule has 2 heterocycles. The van der Waals surface area contributed by atoms with Crippen LogP contribution in [0.15, 0.2) is 41.4 Å². The zero-order chi connectivity index (χ0) is 16.7. The molecule has 2 aliphatic rings. The fraction of sp³-hybridized carbons (Fsp3) is 0.350. The Balaban J connectivity index is 1.87. The zero-order valence-electron chi connectivity index (χ0n) is 14.5. The molecule has 1 saturated heterocycles. The lowest BCUT2D eigenvalue weighted by molar-refractivity contribution is 0.304. The first kappa shape index (κ1) is 15.2. The van der Waals surface area contributed by atoms with E-state index >= 15 is 0 Å². The lowest BCUT2D eigenvalue weighted by Crippen LogP contribution is -2.51. The average molecular weight is 321 g/mol. The third-order valence-corrected chi connectivity index (χ3v) is 4.61. The summed E-state index contributed by atoms with van der Waals surface area (Å²) >= 11 is 0. The van der Waals surface area contributed by atoms with Crippen molar-refractivity contribution < 1.29 is 4.74 Å². The highest BCUT2D eigenvalue weighted by atomic mass is 16.5. The summed E-state index contributed by atoms with van der Waals surface area (Å²) in [5.41, 5.74) is 4.38. The summed E-state index contributed by atoms with van der Waals surface area (Å²) in [4.78, 5) is 7.38. The molecule has 0 radical (unpaired) electrons. The molecule has 0 saturated carbocycles. The van der Waals surface area contributed by atoms with Gasteiger partial charge in [0.1, 0.15) is 17.3 Å². The van der Waals surface area contributed by atoms with Gasteiger partial charge in [-0.2, -0.15) is 0 Å². The number of fused-ring (bicyclic) bond motifs is 2. The standard InChI is InChI=1S/C20H23N3O/c1-13-5-7-18-16(10-13)20(23-9-8-21-15(3)12-23)22-17-6-4-14(2)11-19(17)24-18/h4-7,10-11,15,21H,8-9,12H2,1-3H3. The molecule has 0 spiro atoms. The molecule has 2 aliphatic heterocycles. The van der Waals surface area contributed by atoms with E-state index in [1.807, 2.05) is 0 Å². The van der Waals surface area contributed by atoms with Crippen LogP contribution in [0.3, 0.4) is 0 Å². The van der Waals surface area contributed by atoms with Crippen molar-refractivity contribution in [2.75, 3.05) is 19.6 Å². The van der Waals surface area contributed by atoms with Crippen LogP contribution in [0, 0.1) is 13.8 Å². The molecule has 4 nitrogen and oxygen atoms in total. The number of ether oxygens (including phenoxy) is 1. The van der Waals surface area contributed by atoms with Gasteiger partial charge in [0.15, 0.2) is 5.75 Å². The maximum absolute atomic E-state index is 6.23. The van der Waals surface area contributed by atoms with E-state index in [2.05, 4.69) is 67.4 Å². The zero-order valence-corrected chi connectivity index (χ0v) is 14.5. The van der Waals surface area contributed by atoms with E-state index in [1.165, 1.54) is 11.1 Å². The number of hydrogen-bond donors (Lipinski definition) is 1. The average Bonchev–Trinajstić information content (AvgIpc) is 2.71. The topological polar surface area (TPSA) is 36.9 Å². The molecule has 0 aliphatic carbocycles. The third-order valence-electron chi connectivity index (χ3n) is 4.61. The second-order valence-electron chi connectivity index (χ2n) is 6.81. The van der Waals surface area contributed by atoms with Crippen LogP contribution in [0.1, 0.15) is 23.6 Å². The molecule has 2 aromatic carbocycles. The Morgan fingerprint density at radius 2 is 1.88 bits per heavy atom. The summed E-state index contributed by atoms with van der Waals surface area (Å²) in [6.45, 7) is 9.29. The highest BCUT2D eigenvalue weighted by Gasteiger charge is 2.25. The lowest BCUT2D eigenvalue weighted by Gasteiger charge is -2.34. The predicted octanol–water partition coefficient (Wildman–Crippen LogP) is 3.78. The van der Waals surface area contributed by atoms with Crippen molar-refractivity contribution in [1.29, 1.82) is 0 Å². The highest BCUT2D eigenvalue weighted by Crippen LogP contribution is 2.39. The molecule has 2 aromatic rings. The van der Waals surface area contributed by atoms with Crippen molar-refractivity contribution >= 4 is 11.5 Å². The van der Waals surface area contributed by atoms with Gasteiger partial charge in [-0.15, -0.1) is 0 Å². The van der Waals surface area contributed by atoms with Gasteiger partial charge in [-0.25, -0.2) is 4.99 Å². The van der Waals surface area contributed by atoms with Crippen molar-refractivity contribution in [2.45, 2.75) is 26.8 Å². The van der Waals surface area contributed by atoms with Gasteiger partial charge < -0.3 is 15.0 Å². The van der Waals surface area contributed by atoms with Gasteiger partial charge in [0.05, 0.1) is 5.56 Å². The Bertz CT molecular complexity index is 813. The van der Waals surface area contributed by atoms with Crippen molar-refractivity contribution in [3.63, 3.8) is 0 Å². The number of piperazine rings is 1. The Labute approximate surface area is 143 Å². The highest BCUT2D eigenvalue weighted by molar-refractivity contribution is 6.04. The van der Waals surface area contributed by atoms with Crippen LogP contribution in [-0.4, -0.2) is 36.4 Å². The van der Waals surface area contributed by atoms with E-state index in [-0.39, 0.29) is 0 Å². The van der Waals surface area contributed by atoms with Gasteiger partial charge >= 0.3 is 0 Å². The summed E-state index contributed by atoms with van der Waals surface area (Å²) in [6, 6.07) is 13.0. The molecule has 1 fully saturated rings. The fourth-order valence-electron chi connectivity index (χ4n) is 3.36. The SMILES string of the molecule is Cc1ccc2c(c1)Oc1ccc(C)cc1C(N1CCNC(C)C1)=N2. The van der Waals surface area contributed by atoms with Crippen LogP contribution >= 0.6 is 0 Å². The molecule has 0 aromatic heterocycles. The summed E-state index contributed by atoms with van der Waals surface area (Å²) < 4.78 is 6.23. The second-order valence-corrected chi connectivity index (χ2v) is 6.81. The predicted molar refractivity (Wildman–Crippen MR) is 97.7 cm³/mol. The van der Waals surface area contributed by atoms with Gasteiger partial charge in [-0.05, 0) is 50.6 Å². The molecule has 1 atom stereocenters. The molecule has 0 amide bonds. The van der Waals surface area contributed by atoms with Gasteiger partial charge in [0.25, 0.3) is 0 Å². The van der Waals surface area contributed by atoms with E-state index in [9.17, 15) is 0 Å². The monoisotopic (exact) mass is 321 g/mol. The van der Waals surface area contributed by atoms with E-state index in [1.54, 1.807) is 0 Å². The molecular weight excluding hydrogens is 298 g/mol. The number of benzene rings is 2. The van der Waals surface area contributed by atoms with Crippen LogP contribution < -0.4 is 10.1 Å². The van der Waals surface area contributed by atoms with E-state index in [0.717, 1.165) is 48.2 Å². The Kier molecular flexibility index (Phi) is 3.77. The number of nitrogens with one attached hydrogen (secondary N) is 1. The summed E-state index contributed by atoms with van der Waals surface area (Å²) in [5, 5.41) is 3.50. The lowest BCUT2D eigenvalue weighted by atomic mass is 10.1. The van der Waals surface area contributed by atoms with Gasteiger partial charge in [-0.3, -0.25) is 0 Å². The molecule has 24 heavy (non-hydrogen) atoms. The number of hydrogen-bond acceptors (Lipinski definition) is 4. The van der Waals surface area contributed by atoms with Crippen molar-refractivity contribution in [2.24, 2.45) is 4.99 Å². The van der Waals surface area contributed by atoms with Crippen LogP contribution in [0.2, 0.25) is 0 Å². The summed E-state index contributed by atoms with van der Waals surface area (Å²) in [5.74, 6) is 2.73. The first-order valence-electron chi connectivity index (χ1n) is 8.57. The smallest absolute Gasteiger partial charge is 0.153 e. The van der Waals surface area contributed by atoms with Gasteiger partial charge in [0.2, 0.25) is 0 Å². The number of nitrogens with zero attached hydrogens (tertiary/aromatic N) is 2. The Hall–Kier alpha value is -2.33. The number of aryl methyl sites for hydroxylation is 2. The number of amidine groups is 1. The molecule has 4 rings (SSSR count). The minimum Gasteiger partial charge on any atom is -0.454 e.